The monoisotopic (exact) mass is 473 g/mol. The average Bonchev–Trinajstić information content (AvgIpc) is 3.55. The summed E-state index contributed by atoms with van der Waals surface area (Å²) >= 11 is 6.54. The van der Waals surface area contributed by atoms with E-state index in [0.29, 0.717) is 41.0 Å². The number of pyridine rings is 2. The van der Waals surface area contributed by atoms with E-state index in [9.17, 15) is 9.59 Å². The second kappa shape index (κ2) is 9.27. The first kappa shape index (κ1) is 22.1. The molecule has 1 saturated carbocycles. The zero-order chi connectivity index (χ0) is 23.7. The van der Waals surface area contributed by atoms with Crippen molar-refractivity contribution in [1.29, 1.82) is 0 Å². The minimum absolute atomic E-state index is 0.0141. The van der Waals surface area contributed by atoms with Crippen molar-refractivity contribution in [3.8, 4) is 11.3 Å². The van der Waals surface area contributed by atoms with Gasteiger partial charge < -0.3 is 14.6 Å². The number of fused-ring (bicyclic) bond motifs is 1. The lowest BCUT2D eigenvalue weighted by Gasteiger charge is -2.22. The number of carbonyl (C=O) groups is 2. The third kappa shape index (κ3) is 4.79. The predicted octanol–water partition coefficient (Wildman–Crippen LogP) is 4.74. The molecule has 0 aliphatic heterocycles. The van der Waals surface area contributed by atoms with Gasteiger partial charge in [0.1, 0.15) is 5.65 Å². The molecule has 7 nitrogen and oxygen atoms in total. The molecule has 1 N–H and O–H groups in total. The van der Waals surface area contributed by atoms with Crippen molar-refractivity contribution in [3.63, 3.8) is 0 Å². The number of imidazole rings is 1. The van der Waals surface area contributed by atoms with Gasteiger partial charge in [-0.2, -0.15) is 0 Å². The Kier molecular flexibility index (Phi) is 6.02. The fourth-order valence-corrected chi connectivity index (χ4v) is 4.17. The van der Waals surface area contributed by atoms with E-state index in [-0.39, 0.29) is 11.8 Å². The average molecular weight is 474 g/mol. The molecule has 4 aromatic rings. The number of carbonyl (C=O) groups excluding carboxylic acids is 2. The number of rotatable bonds is 7. The molecule has 3 aromatic heterocycles. The Balaban J connectivity index is 1.26. The van der Waals surface area contributed by atoms with Crippen molar-refractivity contribution >= 4 is 34.7 Å². The summed E-state index contributed by atoms with van der Waals surface area (Å²) in [4.78, 5) is 35.2. The van der Waals surface area contributed by atoms with Crippen LogP contribution in [0.3, 0.4) is 0 Å². The van der Waals surface area contributed by atoms with Crippen LogP contribution in [0.5, 0.6) is 0 Å². The highest BCUT2D eigenvalue weighted by molar-refractivity contribution is 6.34. The Morgan fingerprint density at radius 1 is 1.12 bits per heavy atom. The normalized spacial score (nSPS) is 13.1. The smallest absolute Gasteiger partial charge is 0.253 e. The summed E-state index contributed by atoms with van der Waals surface area (Å²) < 4.78 is 1.91. The van der Waals surface area contributed by atoms with Crippen LogP contribution in [0.15, 0.2) is 67.3 Å². The molecule has 0 unspecified atom stereocenters. The van der Waals surface area contributed by atoms with Gasteiger partial charge in [-0.15, -0.1) is 0 Å². The van der Waals surface area contributed by atoms with Crippen molar-refractivity contribution in [2.45, 2.75) is 26.3 Å². The topological polar surface area (TPSA) is 79.6 Å². The van der Waals surface area contributed by atoms with Crippen molar-refractivity contribution in [1.82, 2.24) is 19.7 Å². The van der Waals surface area contributed by atoms with Gasteiger partial charge in [0.2, 0.25) is 5.91 Å². The molecule has 1 aliphatic carbocycles. The van der Waals surface area contributed by atoms with Gasteiger partial charge in [-0.25, -0.2) is 4.98 Å². The second-order valence-electron chi connectivity index (χ2n) is 8.58. The number of halogens is 1. The van der Waals surface area contributed by atoms with Gasteiger partial charge >= 0.3 is 0 Å². The number of anilines is 1. The fraction of sp³-hybridized carbons (Fsp3) is 0.231. The van der Waals surface area contributed by atoms with Crippen LogP contribution in [0.25, 0.3) is 16.9 Å². The maximum atomic E-state index is 12.6. The Morgan fingerprint density at radius 3 is 2.68 bits per heavy atom. The fourth-order valence-electron chi connectivity index (χ4n) is 3.89. The van der Waals surface area contributed by atoms with Gasteiger partial charge in [-0.05, 0) is 60.7 Å². The van der Waals surface area contributed by atoms with Gasteiger partial charge in [0, 0.05) is 50.4 Å². The third-order valence-electron chi connectivity index (χ3n) is 5.99. The highest BCUT2D eigenvalue weighted by Gasteiger charge is 2.27. The second-order valence-corrected chi connectivity index (χ2v) is 8.99. The molecule has 5 rings (SSSR count). The quantitative estimate of drug-likeness (QED) is 0.420. The van der Waals surface area contributed by atoms with Crippen LogP contribution in [0.4, 0.5) is 5.69 Å². The summed E-state index contributed by atoms with van der Waals surface area (Å²) in [6.45, 7) is 2.66. The highest BCUT2D eigenvalue weighted by Crippen LogP contribution is 2.35. The van der Waals surface area contributed by atoms with Crippen molar-refractivity contribution in [2.24, 2.45) is 5.92 Å². The van der Waals surface area contributed by atoms with Gasteiger partial charge in [0.25, 0.3) is 5.91 Å². The molecule has 0 atom stereocenters. The van der Waals surface area contributed by atoms with Crippen LogP contribution in [0.2, 0.25) is 5.02 Å². The molecule has 1 fully saturated rings. The van der Waals surface area contributed by atoms with Crippen LogP contribution >= 0.6 is 11.6 Å². The summed E-state index contributed by atoms with van der Waals surface area (Å²) in [6.07, 6.45) is 9.39. The maximum absolute atomic E-state index is 12.6. The van der Waals surface area contributed by atoms with E-state index in [2.05, 4.69) is 15.3 Å². The number of nitrogens with one attached hydrogen (secondary N) is 1. The Hall–Kier alpha value is -3.71. The summed E-state index contributed by atoms with van der Waals surface area (Å²) in [7, 11) is 0. The molecule has 1 aromatic carbocycles. The Bertz CT molecular complexity index is 1360. The van der Waals surface area contributed by atoms with Gasteiger partial charge in [0.15, 0.2) is 0 Å². The molecule has 2 amide bonds. The zero-order valence-corrected chi connectivity index (χ0v) is 19.5. The molecule has 0 spiro atoms. The first-order chi connectivity index (χ1) is 16.5. The standard InChI is InChI=1S/C26H24ClN5O2/c1-17(33)32(16-18-2-3-18)24-7-5-20(13-22(24)27)23-6-4-21(15-29-23)26(34)30-14-19-8-10-31-11-9-28-25(31)12-19/h4-13,15,18H,2-3,14,16H2,1H3,(H,30,34). The van der Waals surface area contributed by atoms with E-state index < -0.39 is 0 Å². The molecule has 3 heterocycles. The molecule has 1 aliphatic rings. The highest BCUT2D eigenvalue weighted by atomic mass is 35.5. The first-order valence-corrected chi connectivity index (χ1v) is 11.6. The lowest BCUT2D eigenvalue weighted by atomic mass is 10.1. The molecule has 34 heavy (non-hydrogen) atoms. The van der Waals surface area contributed by atoms with E-state index in [1.807, 2.05) is 47.1 Å². The van der Waals surface area contributed by atoms with Crippen molar-refractivity contribution < 1.29 is 9.59 Å². The Morgan fingerprint density at radius 2 is 1.97 bits per heavy atom. The molecular formula is C26H24ClN5O2. The van der Waals surface area contributed by atoms with E-state index in [4.69, 9.17) is 11.6 Å². The predicted molar refractivity (Wildman–Crippen MR) is 132 cm³/mol. The van der Waals surface area contributed by atoms with Crippen molar-refractivity contribution in [3.05, 3.63) is 83.4 Å². The molecule has 0 radical (unpaired) electrons. The number of aromatic nitrogens is 3. The molecule has 8 heteroatoms. The summed E-state index contributed by atoms with van der Waals surface area (Å²) in [5.41, 5.74) is 4.51. The number of hydrogen-bond donors (Lipinski definition) is 1. The van der Waals surface area contributed by atoms with Gasteiger partial charge in [-0.3, -0.25) is 14.6 Å². The van der Waals surface area contributed by atoms with E-state index in [1.54, 1.807) is 36.4 Å². The molecular weight excluding hydrogens is 450 g/mol. The van der Waals surface area contributed by atoms with Crippen LogP contribution in [0.1, 0.15) is 35.7 Å². The maximum Gasteiger partial charge on any atom is 0.253 e. The number of hydrogen-bond acceptors (Lipinski definition) is 4. The van der Waals surface area contributed by atoms with Crippen LogP contribution in [0, 0.1) is 5.92 Å². The lowest BCUT2D eigenvalue weighted by Crippen LogP contribution is -2.30. The lowest BCUT2D eigenvalue weighted by molar-refractivity contribution is -0.116. The summed E-state index contributed by atoms with van der Waals surface area (Å²) in [5, 5.41) is 3.42. The van der Waals surface area contributed by atoms with Crippen LogP contribution in [-0.2, 0) is 11.3 Å². The van der Waals surface area contributed by atoms with Crippen LogP contribution in [-0.4, -0.2) is 32.7 Å². The van der Waals surface area contributed by atoms with Gasteiger partial charge in [-0.1, -0.05) is 17.7 Å². The van der Waals surface area contributed by atoms with E-state index in [0.717, 1.165) is 29.6 Å². The zero-order valence-electron chi connectivity index (χ0n) is 18.7. The minimum atomic E-state index is -0.201. The first-order valence-electron chi connectivity index (χ1n) is 11.2. The van der Waals surface area contributed by atoms with Crippen molar-refractivity contribution in [2.75, 3.05) is 11.4 Å². The Labute approximate surface area is 202 Å². The number of nitrogens with zero attached hydrogens (tertiary/aromatic N) is 4. The number of benzene rings is 1. The SMILES string of the molecule is CC(=O)N(CC1CC1)c1ccc(-c2ccc(C(=O)NCc3ccn4ccnc4c3)cn2)cc1Cl. The summed E-state index contributed by atoms with van der Waals surface area (Å²) in [5.74, 6) is 0.348. The van der Waals surface area contributed by atoms with E-state index in [1.165, 1.54) is 0 Å². The third-order valence-corrected chi connectivity index (χ3v) is 6.30. The van der Waals surface area contributed by atoms with Gasteiger partial charge in [0.05, 0.1) is 22.0 Å². The molecule has 0 saturated heterocycles. The molecule has 172 valence electrons. The van der Waals surface area contributed by atoms with E-state index >= 15 is 0 Å². The molecule has 0 bridgehead atoms. The minimum Gasteiger partial charge on any atom is -0.348 e. The van der Waals surface area contributed by atoms with Crippen LogP contribution < -0.4 is 10.2 Å². The number of amides is 2. The summed E-state index contributed by atoms with van der Waals surface area (Å²) in [6, 6.07) is 13.0. The largest absolute Gasteiger partial charge is 0.348 e.